The minimum Gasteiger partial charge on any atom is -0.457 e. The lowest BCUT2D eigenvalue weighted by molar-refractivity contribution is 0.482. The van der Waals surface area contributed by atoms with E-state index in [1.165, 1.54) is 11.1 Å². The summed E-state index contributed by atoms with van der Waals surface area (Å²) in [6.07, 6.45) is 0. The van der Waals surface area contributed by atoms with E-state index in [1.54, 1.807) is 6.07 Å². The van der Waals surface area contributed by atoms with E-state index in [0.717, 1.165) is 83.8 Å². The van der Waals surface area contributed by atoms with Gasteiger partial charge in [0, 0.05) is 55.5 Å². The number of aromatic nitrogens is 3. The first-order chi connectivity index (χ1) is 30.3. The third kappa shape index (κ3) is 5.85. The Bertz CT molecular complexity index is 3300. The van der Waals surface area contributed by atoms with Gasteiger partial charge in [-0.3, -0.25) is 4.57 Å². The summed E-state index contributed by atoms with van der Waals surface area (Å²) in [5, 5.41) is 2.15. The van der Waals surface area contributed by atoms with E-state index >= 15 is 0 Å². The summed E-state index contributed by atoms with van der Waals surface area (Å²) in [5.74, 6) is 2.21. The number of fused-ring (bicyclic) bond motifs is 20. The predicted octanol–water partition coefficient (Wildman–Crippen LogP) is 14.2. The fraction of sp³-hybridized carbons (Fsp3) is 0.148. The van der Waals surface area contributed by atoms with Gasteiger partial charge in [-0.25, -0.2) is 9.97 Å². The van der Waals surface area contributed by atoms with Crippen LogP contribution in [0.1, 0.15) is 47.3 Å². The number of benzene rings is 6. The van der Waals surface area contributed by atoms with E-state index in [4.69, 9.17) is 18.8 Å². The van der Waals surface area contributed by atoms with Crippen LogP contribution in [0.3, 0.4) is 0 Å². The Morgan fingerprint density at radius 1 is 0.567 bits per heavy atom. The molecule has 0 unspecified atom stereocenters. The topological polar surface area (TPSA) is 46.4 Å². The molecule has 6 nitrogen and oxygen atoms in total. The minimum atomic E-state index is -2.49. The molecule has 0 saturated carbocycles. The molecule has 5 heterocycles. The lowest BCUT2D eigenvalue weighted by atomic mass is 9.85. The quantitative estimate of drug-likeness (QED) is 0.166. The third-order valence-corrected chi connectivity index (χ3v) is 11.9. The van der Waals surface area contributed by atoms with Crippen LogP contribution in [0.25, 0.3) is 61.1 Å². The van der Waals surface area contributed by atoms with Crippen molar-refractivity contribution in [2.75, 3.05) is 16.5 Å². The summed E-state index contributed by atoms with van der Waals surface area (Å²) in [6, 6.07) is 52.5. The number of nitrogens with zero attached hydrogens (tertiary/aromatic N) is 5. The molecule has 0 fully saturated rings. The van der Waals surface area contributed by atoms with Crippen LogP contribution in [0.4, 0.5) is 22.9 Å². The van der Waals surface area contributed by atoms with Crippen LogP contribution < -0.4 is 14.5 Å². The molecule has 2 aliphatic rings. The van der Waals surface area contributed by atoms with Crippen LogP contribution in [-0.2, 0) is 5.41 Å². The maximum atomic E-state index is 8.55. The molecule has 60 heavy (non-hydrogen) atoms. The molecule has 0 spiro atoms. The smallest absolute Gasteiger partial charge is 0.138 e. The molecule has 292 valence electrons. The van der Waals surface area contributed by atoms with Gasteiger partial charge in [-0.2, -0.15) is 0 Å². The van der Waals surface area contributed by atoms with Crippen molar-refractivity contribution in [1.29, 1.82) is 0 Å². The molecule has 8 bridgehead atoms. The third-order valence-electron chi connectivity index (χ3n) is 11.9. The van der Waals surface area contributed by atoms with Crippen LogP contribution in [-0.4, -0.2) is 21.2 Å². The second kappa shape index (κ2) is 13.4. The van der Waals surface area contributed by atoms with Gasteiger partial charge in [-0.15, -0.1) is 0 Å². The summed E-state index contributed by atoms with van der Waals surface area (Å²) >= 11 is 0. The van der Waals surface area contributed by atoms with Gasteiger partial charge in [0.1, 0.15) is 29.8 Å². The molecular formula is C54H45N5O. The molecule has 0 atom stereocenters. The van der Waals surface area contributed by atoms with E-state index in [2.05, 4.69) is 170 Å². The average molecular weight is 783 g/mol. The van der Waals surface area contributed by atoms with Gasteiger partial charge in [0.05, 0.1) is 33.8 Å². The molecule has 0 N–H and O–H groups in total. The Hall–Kier alpha value is -7.18. The van der Waals surface area contributed by atoms with Gasteiger partial charge in [-0.1, -0.05) is 123 Å². The van der Waals surface area contributed by atoms with Crippen LogP contribution >= 0.6 is 0 Å². The van der Waals surface area contributed by atoms with Crippen molar-refractivity contribution in [3.8, 4) is 50.8 Å². The number of hydrogen-bond acceptors (Lipinski definition) is 5. The van der Waals surface area contributed by atoms with Gasteiger partial charge in [0.25, 0.3) is 0 Å². The number of pyridine rings is 2. The molecule has 0 aliphatic carbocycles. The molecule has 0 saturated heterocycles. The van der Waals surface area contributed by atoms with Gasteiger partial charge >= 0.3 is 0 Å². The highest BCUT2D eigenvalue weighted by atomic mass is 16.5. The Morgan fingerprint density at radius 3 is 2.07 bits per heavy atom. The summed E-state index contributed by atoms with van der Waals surface area (Å²) in [7, 11) is 0. The summed E-state index contributed by atoms with van der Waals surface area (Å²) in [4.78, 5) is 14.9. The Kier molecular flexibility index (Phi) is 7.33. The summed E-state index contributed by atoms with van der Waals surface area (Å²) < 4.78 is 34.6. The lowest BCUT2D eigenvalue weighted by Crippen LogP contribution is -2.25. The number of para-hydroxylation sites is 4. The predicted molar refractivity (Wildman–Crippen MR) is 248 cm³/mol. The second-order valence-corrected chi connectivity index (χ2v) is 17.1. The summed E-state index contributed by atoms with van der Waals surface area (Å²) in [5.41, 5.74) is 14.2. The molecule has 0 radical (unpaired) electrons. The van der Waals surface area contributed by atoms with Crippen molar-refractivity contribution >= 4 is 44.7 Å². The molecule has 9 aromatic rings. The molecule has 3 aromatic heterocycles. The zero-order valence-corrected chi connectivity index (χ0v) is 34.3. The number of rotatable bonds is 1. The van der Waals surface area contributed by atoms with Crippen molar-refractivity contribution < 1.29 is 8.85 Å². The number of aryl methyl sites for hydroxylation is 3. The largest absolute Gasteiger partial charge is 0.457 e. The van der Waals surface area contributed by atoms with Gasteiger partial charge in [-0.05, 0) is 85.3 Å². The highest BCUT2D eigenvalue weighted by molar-refractivity contribution is 6.09. The standard InChI is InChI=1S/C54H45N5O/c1-33-24-34(2)26-36(25-33)40-17-13-18-45-41-14-7-8-15-42(41)46-28-37(54(4,5)6)29-52(56-46)59-47-19-10-9-16-43(47)44-23-22-38(30-50(44)59)60-39-27-35(3)55-51(31-39)57-32-58(53(40)45)49-21-12-11-20-48(49)57/h7-31H,32H2,1-6H3/i3D3. The first-order valence-corrected chi connectivity index (χ1v) is 20.5. The van der Waals surface area contributed by atoms with Crippen molar-refractivity contribution in [1.82, 2.24) is 14.5 Å². The first kappa shape index (κ1) is 32.7. The molecule has 6 aromatic carbocycles. The van der Waals surface area contributed by atoms with E-state index in [0.29, 0.717) is 24.0 Å². The van der Waals surface area contributed by atoms with Gasteiger partial charge in [0.15, 0.2) is 0 Å². The fourth-order valence-corrected chi connectivity index (χ4v) is 9.24. The molecular weight excluding hydrogens is 735 g/mol. The Labute approximate surface area is 355 Å². The number of hydrogen-bond donors (Lipinski definition) is 0. The van der Waals surface area contributed by atoms with Crippen LogP contribution in [0.15, 0.2) is 152 Å². The SMILES string of the molecule is [2H]C([2H])([2H])c1cc2cc(n1)N1CN(c3ccccc31)c1c(-c3cc(C)cc(C)c3)cccc1-c1ccccc1-c1cc(C(C)(C)C)cc(n1)-n1c3ccccc3c3ccc(cc31)O2. The summed E-state index contributed by atoms with van der Waals surface area (Å²) in [6.45, 7) is 8.90. The average Bonchev–Trinajstić information content (AvgIpc) is 3.81. The lowest BCUT2D eigenvalue weighted by Gasteiger charge is -2.28. The molecule has 6 heteroatoms. The highest BCUT2D eigenvalue weighted by Gasteiger charge is 2.33. The zero-order valence-electron chi connectivity index (χ0n) is 37.3. The van der Waals surface area contributed by atoms with E-state index in [1.807, 2.05) is 24.3 Å². The van der Waals surface area contributed by atoms with Crippen molar-refractivity contribution in [3.05, 3.63) is 174 Å². The normalized spacial score (nSPS) is 14.1. The maximum absolute atomic E-state index is 8.55. The fourth-order valence-electron chi connectivity index (χ4n) is 9.24. The minimum absolute atomic E-state index is 0.0449. The van der Waals surface area contributed by atoms with Crippen LogP contribution in [0.5, 0.6) is 11.5 Å². The Balaban J connectivity index is 1.28. The first-order valence-electron chi connectivity index (χ1n) is 22.0. The second-order valence-electron chi connectivity index (χ2n) is 17.1. The van der Waals surface area contributed by atoms with Crippen molar-refractivity contribution in [3.63, 3.8) is 0 Å². The number of ether oxygens (including phenoxy) is 1. The maximum Gasteiger partial charge on any atom is 0.138 e. The van der Waals surface area contributed by atoms with E-state index in [9.17, 15) is 0 Å². The molecule has 0 amide bonds. The molecule has 2 aliphatic heterocycles. The van der Waals surface area contributed by atoms with E-state index < -0.39 is 6.85 Å². The van der Waals surface area contributed by atoms with Crippen molar-refractivity contribution in [2.24, 2.45) is 0 Å². The monoisotopic (exact) mass is 782 g/mol. The Morgan fingerprint density at radius 2 is 1.27 bits per heavy atom. The van der Waals surface area contributed by atoms with Crippen LogP contribution in [0, 0.1) is 20.7 Å². The molecule has 11 rings (SSSR count). The zero-order chi connectivity index (χ0) is 43.4. The van der Waals surface area contributed by atoms with Crippen LogP contribution in [0.2, 0.25) is 0 Å². The van der Waals surface area contributed by atoms with Gasteiger partial charge < -0.3 is 14.5 Å². The highest BCUT2D eigenvalue weighted by Crippen LogP contribution is 2.51. The van der Waals surface area contributed by atoms with E-state index in [-0.39, 0.29) is 11.1 Å². The van der Waals surface area contributed by atoms with Gasteiger partial charge in [0.2, 0.25) is 0 Å². The number of anilines is 4. The van der Waals surface area contributed by atoms with Crippen molar-refractivity contribution in [2.45, 2.75) is 46.9 Å².